The fourth-order valence-electron chi connectivity index (χ4n) is 3.22. The Balaban J connectivity index is 1.82. The molecule has 7 nitrogen and oxygen atoms in total. The number of aromatic nitrogens is 3. The number of ether oxygens (including phenoxy) is 1. The lowest BCUT2D eigenvalue weighted by molar-refractivity contribution is 0.0474. The summed E-state index contributed by atoms with van der Waals surface area (Å²) in [6, 6.07) is 11.1. The van der Waals surface area contributed by atoms with Crippen LogP contribution in [-0.4, -0.2) is 20.7 Å². The highest BCUT2D eigenvalue weighted by Crippen LogP contribution is 2.31. The average Bonchev–Trinajstić information content (AvgIpc) is 3.36. The first-order valence-corrected chi connectivity index (χ1v) is 11.1. The molecular weight excluding hydrogens is 443 g/mol. The third-order valence-electron chi connectivity index (χ3n) is 5.00. The van der Waals surface area contributed by atoms with E-state index in [9.17, 15) is 14.0 Å². The minimum absolute atomic E-state index is 0.0394. The van der Waals surface area contributed by atoms with E-state index < -0.39 is 11.5 Å². The Kier molecular flexibility index (Phi) is 6.60. The molecule has 0 aliphatic heterocycles. The Morgan fingerprint density at radius 3 is 2.67 bits per heavy atom. The zero-order chi connectivity index (χ0) is 23.4. The molecule has 0 radical (unpaired) electrons. The Hall–Kier alpha value is -3.85. The molecule has 0 atom stereocenters. The van der Waals surface area contributed by atoms with Crippen LogP contribution in [0.3, 0.4) is 0 Å². The molecule has 0 unspecified atom stereocenters. The van der Waals surface area contributed by atoms with Crippen LogP contribution in [0.15, 0.2) is 65.0 Å². The van der Waals surface area contributed by atoms with Gasteiger partial charge >= 0.3 is 5.97 Å². The van der Waals surface area contributed by atoms with Crippen LogP contribution in [0.4, 0.5) is 15.8 Å². The maximum Gasteiger partial charge on any atom is 0.343 e. The summed E-state index contributed by atoms with van der Waals surface area (Å²) in [4.78, 5) is 31.4. The Bertz CT molecular complexity index is 1340. The van der Waals surface area contributed by atoms with Gasteiger partial charge in [-0.25, -0.2) is 13.9 Å². The smallest absolute Gasteiger partial charge is 0.343 e. The number of carbonyl (C=O) groups excluding carboxylic acids is 1. The first-order chi connectivity index (χ1) is 16.0. The number of carbonyl (C=O) groups is 1. The van der Waals surface area contributed by atoms with Gasteiger partial charge in [-0.3, -0.25) is 9.78 Å². The minimum Gasteiger partial charge on any atom is -0.457 e. The van der Waals surface area contributed by atoms with Crippen molar-refractivity contribution in [1.82, 2.24) is 14.8 Å². The quantitative estimate of drug-likeness (QED) is 0.390. The van der Waals surface area contributed by atoms with Crippen molar-refractivity contribution in [3.05, 3.63) is 93.1 Å². The number of thiophene rings is 1. The summed E-state index contributed by atoms with van der Waals surface area (Å²) in [5.41, 5.74) is 2.07. The standard InChI is InChI=1S/C24H21FN4O3S/c1-3-29-23(30)22(27-18-13-26-11-10-15(18)2)20(21(28-29)19-5-4-12-33-19)24(31)32-14-16-6-8-17(25)9-7-16/h4-13,27H,3,14H2,1-2H3. The van der Waals surface area contributed by atoms with E-state index in [-0.39, 0.29) is 23.7 Å². The largest absolute Gasteiger partial charge is 0.457 e. The molecule has 33 heavy (non-hydrogen) atoms. The van der Waals surface area contributed by atoms with E-state index in [4.69, 9.17) is 4.74 Å². The van der Waals surface area contributed by atoms with E-state index in [1.807, 2.05) is 24.4 Å². The van der Waals surface area contributed by atoms with Crippen molar-refractivity contribution in [2.45, 2.75) is 27.0 Å². The summed E-state index contributed by atoms with van der Waals surface area (Å²) in [6.45, 7) is 3.92. The van der Waals surface area contributed by atoms with Crippen LogP contribution in [-0.2, 0) is 17.9 Å². The fourth-order valence-corrected chi connectivity index (χ4v) is 3.93. The van der Waals surface area contributed by atoms with Crippen LogP contribution in [0.2, 0.25) is 0 Å². The van der Waals surface area contributed by atoms with E-state index in [0.29, 0.717) is 23.5 Å². The monoisotopic (exact) mass is 464 g/mol. The molecule has 4 rings (SSSR count). The molecule has 3 heterocycles. The molecule has 0 aliphatic carbocycles. The van der Waals surface area contributed by atoms with Gasteiger partial charge < -0.3 is 10.1 Å². The predicted molar refractivity (Wildman–Crippen MR) is 125 cm³/mol. The number of benzene rings is 1. The van der Waals surface area contributed by atoms with Crippen LogP contribution in [0, 0.1) is 12.7 Å². The number of nitrogens with zero attached hydrogens (tertiary/aromatic N) is 3. The number of nitrogens with one attached hydrogen (secondary N) is 1. The molecule has 0 amide bonds. The number of anilines is 2. The molecule has 0 saturated carbocycles. The van der Waals surface area contributed by atoms with Gasteiger partial charge in [-0.2, -0.15) is 5.10 Å². The summed E-state index contributed by atoms with van der Waals surface area (Å²) < 4.78 is 20.0. The summed E-state index contributed by atoms with van der Waals surface area (Å²) in [7, 11) is 0. The summed E-state index contributed by atoms with van der Waals surface area (Å²) in [5.74, 6) is -1.09. The number of hydrogen-bond donors (Lipinski definition) is 1. The van der Waals surface area contributed by atoms with E-state index in [1.165, 1.54) is 40.3 Å². The molecule has 1 N–H and O–H groups in total. The van der Waals surface area contributed by atoms with Gasteiger partial charge in [0.05, 0.1) is 16.8 Å². The third kappa shape index (κ3) is 4.83. The van der Waals surface area contributed by atoms with E-state index >= 15 is 0 Å². The van der Waals surface area contributed by atoms with Crippen LogP contribution in [0.5, 0.6) is 0 Å². The molecule has 1 aromatic carbocycles. The molecular formula is C24H21FN4O3S. The second-order valence-electron chi connectivity index (χ2n) is 7.22. The highest BCUT2D eigenvalue weighted by Gasteiger charge is 2.26. The number of halogens is 1. The van der Waals surface area contributed by atoms with Crippen molar-refractivity contribution in [1.29, 1.82) is 0 Å². The van der Waals surface area contributed by atoms with Crippen molar-refractivity contribution in [2.75, 3.05) is 5.32 Å². The summed E-state index contributed by atoms with van der Waals surface area (Å²) in [6.07, 6.45) is 3.23. The highest BCUT2D eigenvalue weighted by molar-refractivity contribution is 7.13. The summed E-state index contributed by atoms with van der Waals surface area (Å²) in [5, 5.41) is 9.41. The molecule has 9 heteroatoms. The maximum absolute atomic E-state index is 13.3. The molecule has 4 aromatic rings. The minimum atomic E-state index is -0.709. The van der Waals surface area contributed by atoms with E-state index in [1.54, 1.807) is 25.4 Å². The Morgan fingerprint density at radius 2 is 2.00 bits per heavy atom. The zero-order valence-electron chi connectivity index (χ0n) is 18.0. The van der Waals surface area contributed by atoms with Crippen LogP contribution in [0.1, 0.15) is 28.4 Å². The first kappa shape index (κ1) is 22.3. The van der Waals surface area contributed by atoms with Crippen molar-refractivity contribution in [3.8, 4) is 10.6 Å². The van der Waals surface area contributed by atoms with Crippen LogP contribution >= 0.6 is 11.3 Å². The highest BCUT2D eigenvalue weighted by atomic mass is 32.1. The number of rotatable bonds is 7. The summed E-state index contributed by atoms with van der Waals surface area (Å²) >= 11 is 1.40. The molecule has 0 fully saturated rings. The van der Waals surface area contributed by atoms with Gasteiger partial charge in [0.25, 0.3) is 5.56 Å². The number of hydrogen-bond acceptors (Lipinski definition) is 7. The molecule has 3 aromatic heterocycles. The average molecular weight is 465 g/mol. The zero-order valence-corrected chi connectivity index (χ0v) is 18.9. The van der Waals surface area contributed by atoms with Crippen molar-refractivity contribution in [3.63, 3.8) is 0 Å². The number of pyridine rings is 1. The van der Waals surface area contributed by atoms with Crippen LogP contribution < -0.4 is 10.9 Å². The maximum atomic E-state index is 13.3. The predicted octanol–water partition coefficient (Wildman–Crippen LogP) is 4.93. The van der Waals surface area contributed by atoms with E-state index in [2.05, 4.69) is 15.4 Å². The van der Waals surface area contributed by atoms with Gasteiger partial charge in [0.15, 0.2) is 0 Å². The van der Waals surface area contributed by atoms with Gasteiger partial charge in [0.2, 0.25) is 0 Å². The number of esters is 1. The normalized spacial score (nSPS) is 10.8. The van der Waals surface area contributed by atoms with E-state index in [0.717, 1.165) is 10.4 Å². The Labute approximate surface area is 193 Å². The van der Waals surface area contributed by atoms with Crippen molar-refractivity contribution >= 4 is 28.7 Å². The lowest BCUT2D eigenvalue weighted by Gasteiger charge is -2.17. The van der Waals surface area contributed by atoms with Gasteiger partial charge in [0.1, 0.15) is 29.4 Å². The van der Waals surface area contributed by atoms with Crippen molar-refractivity contribution in [2.24, 2.45) is 0 Å². The second kappa shape index (κ2) is 9.74. The molecule has 0 aliphatic rings. The van der Waals surface area contributed by atoms with Crippen molar-refractivity contribution < 1.29 is 13.9 Å². The third-order valence-corrected chi connectivity index (χ3v) is 5.87. The lowest BCUT2D eigenvalue weighted by Crippen LogP contribution is -2.29. The topological polar surface area (TPSA) is 86.1 Å². The molecule has 0 saturated heterocycles. The SMILES string of the molecule is CCn1nc(-c2cccs2)c(C(=O)OCc2ccc(F)cc2)c(Nc2cnccc2C)c1=O. The lowest BCUT2D eigenvalue weighted by atomic mass is 10.1. The molecule has 0 spiro atoms. The molecule has 0 bridgehead atoms. The fraction of sp³-hybridized carbons (Fsp3) is 0.167. The van der Waals surface area contributed by atoms with Gasteiger partial charge in [-0.05, 0) is 54.6 Å². The first-order valence-electron chi connectivity index (χ1n) is 10.3. The Morgan fingerprint density at radius 1 is 1.21 bits per heavy atom. The van der Waals surface area contributed by atoms with Gasteiger partial charge in [0, 0.05) is 12.7 Å². The van der Waals surface area contributed by atoms with Gasteiger partial charge in [-0.15, -0.1) is 11.3 Å². The van der Waals surface area contributed by atoms with Crippen LogP contribution in [0.25, 0.3) is 10.6 Å². The number of aryl methyl sites for hydroxylation is 2. The van der Waals surface area contributed by atoms with Gasteiger partial charge in [-0.1, -0.05) is 18.2 Å². The molecule has 168 valence electrons. The second-order valence-corrected chi connectivity index (χ2v) is 8.16.